The maximum absolute atomic E-state index is 12.5. The first-order valence-electron chi connectivity index (χ1n) is 6.71. The van der Waals surface area contributed by atoms with Gasteiger partial charge in [0.05, 0.1) is 11.1 Å². The molecule has 0 radical (unpaired) electrons. The average Bonchev–Trinajstić information content (AvgIpc) is 3.15. The van der Waals surface area contributed by atoms with Gasteiger partial charge in [-0.3, -0.25) is 4.79 Å². The smallest absolute Gasteiger partial charge is 0.334 e. The summed E-state index contributed by atoms with van der Waals surface area (Å²) in [4.78, 5) is 16.3. The van der Waals surface area contributed by atoms with Gasteiger partial charge in [0.1, 0.15) is 5.00 Å². The number of nitrogens with zero attached hydrogens (tertiary/aromatic N) is 2. The SMILES string of the molecule is Cc1noc(-c2ccsc2NC(=O)c2ccc(C(F)(F)F)cc2)n1. The number of benzene rings is 1. The minimum absolute atomic E-state index is 0.115. The molecule has 3 aromatic rings. The van der Waals surface area contributed by atoms with Crippen LogP contribution in [0.2, 0.25) is 0 Å². The van der Waals surface area contributed by atoms with Crippen molar-refractivity contribution >= 4 is 22.2 Å². The number of thiophene rings is 1. The lowest BCUT2D eigenvalue weighted by atomic mass is 10.1. The molecule has 0 aliphatic rings. The van der Waals surface area contributed by atoms with Crippen molar-refractivity contribution < 1.29 is 22.5 Å². The highest BCUT2D eigenvalue weighted by Crippen LogP contribution is 2.33. The minimum atomic E-state index is -4.44. The normalized spacial score (nSPS) is 11.5. The Hall–Kier alpha value is -2.68. The number of aromatic nitrogens is 2. The summed E-state index contributed by atoms with van der Waals surface area (Å²) < 4.78 is 42.7. The Bertz CT molecular complexity index is 869. The second kappa shape index (κ2) is 6.08. The van der Waals surface area contributed by atoms with Crippen LogP contribution in [0.25, 0.3) is 11.5 Å². The van der Waals surface area contributed by atoms with Crippen molar-refractivity contribution in [2.24, 2.45) is 0 Å². The number of hydrogen-bond donors (Lipinski definition) is 1. The van der Waals surface area contributed by atoms with Crippen molar-refractivity contribution in [2.45, 2.75) is 13.1 Å². The highest BCUT2D eigenvalue weighted by atomic mass is 32.1. The van der Waals surface area contributed by atoms with E-state index in [0.29, 0.717) is 16.4 Å². The number of hydrogen-bond acceptors (Lipinski definition) is 5. The Labute approximate surface area is 138 Å². The van der Waals surface area contributed by atoms with Crippen LogP contribution < -0.4 is 5.32 Å². The number of carbonyl (C=O) groups excluding carboxylic acids is 1. The van der Waals surface area contributed by atoms with E-state index in [0.717, 1.165) is 24.3 Å². The van der Waals surface area contributed by atoms with Crippen LogP contribution in [0.4, 0.5) is 18.2 Å². The van der Waals surface area contributed by atoms with E-state index in [-0.39, 0.29) is 11.5 Å². The van der Waals surface area contributed by atoms with Crippen molar-refractivity contribution in [1.82, 2.24) is 10.1 Å². The van der Waals surface area contributed by atoms with E-state index in [1.807, 2.05) is 0 Å². The molecule has 0 saturated carbocycles. The number of alkyl halides is 3. The van der Waals surface area contributed by atoms with Gasteiger partial charge in [0, 0.05) is 5.56 Å². The van der Waals surface area contributed by atoms with Gasteiger partial charge in [-0.15, -0.1) is 11.3 Å². The molecule has 2 heterocycles. The summed E-state index contributed by atoms with van der Waals surface area (Å²) in [5, 5.41) is 8.54. The molecule has 24 heavy (non-hydrogen) atoms. The molecule has 0 aliphatic carbocycles. The lowest BCUT2D eigenvalue weighted by Crippen LogP contribution is -2.12. The van der Waals surface area contributed by atoms with Crippen LogP contribution in [-0.4, -0.2) is 16.0 Å². The number of halogens is 3. The third-order valence-corrected chi connectivity index (χ3v) is 3.95. The zero-order chi connectivity index (χ0) is 17.3. The van der Waals surface area contributed by atoms with Gasteiger partial charge in [-0.2, -0.15) is 18.2 Å². The number of amides is 1. The molecule has 124 valence electrons. The summed E-state index contributed by atoms with van der Waals surface area (Å²) in [6.45, 7) is 1.67. The molecule has 0 bridgehead atoms. The number of anilines is 1. The van der Waals surface area contributed by atoms with Crippen molar-refractivity contribution in [3.63, 3.8) is 0 Å². The summed E-state index contributed by atoms with van der Waals surface area (Å²) in [6.07, 6.45) is -4.44. The van der Waals surface area contributed by atoms with Crippen molar-refractivity contribution in [3.05, 3.63) is 52.7 Å². The fraction of sp³-hybridized carbons (Fsp3) is 0.133. The molecule has 0 spiro atoms. The number of rotatable bonds is 3. The largest absolute Gasteiger partial charge is 0.416 e. The summed E-state index contributed by atoms with van der Waals surface area (Å²) in [5.74, 6) is 0.191. The molecular formula is C15H10F3N3O2S. The van der Waals surface area contributed by atoms with E-state index >= 15 is 0 Å². The molecule has 1 N–H and O–H groups in total. The molecule has 0 saturated heterocycles. The lowest BCUT2D eigenvalue weighted by Gasteiger charge is -2.08. The zero-order valence-electron chi connectivity index (χ0n) is 12.2. The fourth-order valence-electron chi connectivity index (χ4n) is 1.97. The van der Waals surface area contributed by atoms with Crippen LogP contribution in [0.5, 0.6) is 0 Å². The molecule has 1 aromatic carbocycles. The molecule has 9 heteroatoms. The van der Waals surface area contributed by atoms with Gasteiger partial charge in [0.15, 0.2) is 5.82 Å². The van der Waals surface area contributed by atoms with E-state index < -0.39 is 17.6 Å². The lowest BCUT2D eigenvalue weighted by molar-refractivity contribution is -0.137. The maximum atomic E-state index is 12.5. The van der Waals surface area contributed by atoms with E-state index in [1.165, 1.54) is 11.3 Å². The van der Waals surface area contributed by atoms with Crippen LogP contribution in [0.3, 0.4) is 0 Å². The first-order valence-corrected chi connectivity index (χ1v) is 7.59. The Morgan fingerprint density at radius 1 is 1.21 bits per heavy atom. The van der Waals surface area contributed by atoms with Gasteiger partial charge in [0.2, 0.25) is 0 Å². The van der Waals surface area contributed by atoms with Crippen LogP contribution in [0.15, 0.2) is 40.2 Å². The molecule has 0 aliphatic heterocycles. The van der Waals surface area contributed by atoms with Crippen LogP contribution in [0.1, 0.15) is 21.7 Å². The predicted molar refractivity (Wildman–Crippen MR) is 81.7 cm³/mol. The van der Waals surface area contributed by atoms with Gasteiger partial charge < -0.3 is 9.84 Å². The topological polar surface area (TPSA) is 68.0 Å². The van der Waals surface area contributed by atoms with Gasteiger partial charge in [-0.05, 0) is 42.6 Å². The van der Waals surface area contributed by atoms with Crippen molar-refractivity contribution in [3.8, 4) is 11.5 Å². The fourth-order valence-corrected chi connectivity index (χ4v) is 2.74. The Morgan fingerprint density at radius 3 is 2.50 bits per heavy atom. The van der Waals surface area contributed by atoms with E-state index in [2.05, 4.69) is 15.5 Å². The Balaban J connectivity index is 1.80. The number of carbonyl (C=O) groups is 1. The third kappa shape index (κ3) is 3.30. The Kier molecular flexibility index (Phi) is 4.10. The first kappa shape index (κ1) is 16.2. The molecule has 1 amide bonds. The van der Waals surface area contributed by atoms with Gasteiger partial charge in [-0.1, -0.05) is 5.16 Å². The average molecular weight is 353 g/mol. The van der Waals surface area contributed by atoms with Gasteiger partial charge >= 0.3 is 6.18 Å². The number of nitrogens with one attached hydrogen (secondary N) is 1. The molecule has 0 atom stereocenters. The minimum Gasteiger partial charge on any atom is -0.334 e. The third-order valence-electron chi connectivity index (χ3n) is 3.12. The summed E-state index contributed by atoms with van der Waals surface area (Å²) >= 11 is 1.24. The van der Waals surface area contributed by atoms with Crippen LogP contribution in [0, 0.1) is 6.92 Å². The number of aryl methyl sites for hydroxylation is 1. The van der Waals surface area contributed by atoms with Gasteiger partial charge in [0.25, 0.3) is 11.8 Å². The van der Waals surface area contributed by atoms with Crippen molar-refractivity contribution in [2.75, 3.05) is 5.32 Å². The van der Waals surface area contributed by atoms with Gasteiger partial charge in [-0.25, -0.2) is 0 Å². The molecule has 3 rings (SSSR count). The zero-order valence-corrected chi connectivity index (χ0v) is 13.0. The quantitative estimate of drug-likeness (QED) is 0.759. The monoisotopic (exact) mass is 353 g/mol. The van der Waals surface area contributed by atoms with Crippen molar-refractivity contribution in [1.29, 1.82) is 0 Å². The Morgan fingerprint density at radius 2 is 1.92 bits per heavy atom. The molecule has 5 nitrogen and oxygen atoms in total. The summed E-state index contributed by atoms with van der Waals surface area (Å²) in [7, 11) is 0. The second-order valence-corrected chi connectivity index (χ2v) is 5.76. The molecule has 0 unspecified atom stereocenters. The van der Waals surface area contributed by atoms with Crippen LogP contribution >= 0.6 is 11.3 Å². The highest BCUT2D eigenvalue weighted by molar-refractivity contribution is 7.15. The van der Waals surface area contributed by atoms with Crippen LogP contribution in [-0.2, 0) is 6.18 Å². The standard InChI is InChI=1S/C15H10F3N3O2S/c1-8-19-13(23-21-8)11-6-7-24-14(11)20-12(22)9-2-4-10(5-3-9)15(16,17)18/h2-7H,1H3,(H,20,22). The maximum Gasteiger partial charge on any atom is 0.416 e. The molecule has 0 fully saturated rings. The highest BCUT2D eigenvalue weighted by Gasteiger charge is 2.30. The first-order chi connectivity index (χ1) is 11.3. The van der Waals surface area contributed by atoms with E-state index in [1.54, 1.807) is 18.4 Å². The summed E-state index contributed by atoms with van der Waals surface area (Å²) in [6, 6.07) is 5.70. The molecular weight excluding hydrogens is 343 g/mol. The molecule has 2 aromatic heterocycles. The predicted octanol–water partition coefficient (Wildman–Crippen LogP) is 4.38. The van der Waals surface area contributed by atoms with E-state index in [9.17, 15) is 18.0 Å². The summed E-state index contributed by atoms with van der Waals surface area (Å²) in [5.41, 5.74) is -0.137. The second-order valence-electron chi connectivity index (χ2n) is 4.84. The van der Waals surface area contributed by atoms with E-state index in [4.69, 9.17) is 4.52 Å².